The lowest BCUT2D eigenvalue weighted by Gasteiger charge is -2.17. The van der Waals surface area contributed by atoms with Crippen molar-refractivity contribution in [2.45, 2.75) is 26.4 Å². The summed E-state index contributed by atoms with van der Waals surface area (Å²) < 4.78 is 15.9. The van der Waals surface area contributed by atoms with Gasteiger partial charge in [0.05, 0.1) is 14.2 Å². The Morgan fingerprint density at radius 2 is 1.72 bits per heavy atom. The fourth-order valence-electron chi connectivity index (χ4n) is 1.66. The van der Waals surface area contributed by atoms with Crippen LogP contribution < -0.4 is 9.47 Å². The first kappa shape index (κ1) is 14.5. The zero-order valence-electron chi connectivity index (χ0n) is 11.4. The number of hydrogen-bond donors (Lipinski definition) is 0. The van der Waals surface area contributed by atoms with Crippen molar-refractivity contribution in [1.29, 1.82) is 0 Å². The van der Waals surface area contributed by atoms with Crippen LogP contribution in [-0.2, 0) is 9.53 Å². The second-order valence-electron chi connectivity index (χ2n) is 4.01. The molecule has 0 aromatic heterocycles. The molecule has 0 saturated heterocycles. The van der Waals surface area contributed by atoms with E-state index in [1.807, 2.05) is 6.92 Å². The number of carbonyl (C=O) groups is 1. The van der Waals surface area contributed by atoms with Crippen molar-refractivity contribution in [1.82, 2.24) is 0 Å². The lowest BCUT2D eigenvalue weighted by atomic mass is 10.1. The van der Waals surface area contributed by atoms with Crippen LogP contribution in [0.1, 0.15) is 31.9 Å². The molecule has 0 amide bonds. The molecule has 0 fully saturated rings. The van der Waals surface area contributed by atoms with Crippen LogP contribution in [0.5, 0.6) is 11.5 Å². The maximum atomic E-state index is 11.6. The van der Waals surface area contributed by atoms with E-state index in [-0.39, 0.29) is 5.78 Å². The van der Waals surface area contributed by atoms with Gasteiger partial charge < -0.3 is 14.2 Å². The van der Waals surface area contributed by atoms with Crippen LogP contribution in [0.2, 0.25) is 0 Å². The molecule has 4 nitrogen and oxygen atoms in total. The fourth-order valence-corrected chi connectivity index (χ4v) is 1.66. The molecule has 100 valence electrons. The van der Waals surface area contributed by atoms with Crippen molar-refractivity contribution in [3.63, 3.8) is 0 Å². The molecule has 0 bridgehead atoms. The number of ether oxygens (including phenoxy) is 3. The summed E-state index contributed by atoms with van der Waals surface area (Å²) in [7, 11) is 3.16. The lowest BCUT2D eigenvalue weighted by molar-refractivity contribution is -0.128. The van der Waals surface area contributed by atoms with E-state index in [1.54, 1.807) is 32.4 Å². The van der Waals surface area contributed by atoms with E-state index >= 15 is 0 Å². The standard InChI is InChI=1S/C14H20O4/c1-5-6-18-14(10(2)15)11-7-12(16-3)9-13(8-11)17-4/h7-9,14H,5-6H2,1-4H3. The average Bonchev–Trinajstić information content (AvgIpc) is 2.38. The zero-order chi connectivity index (χ0) is 13.5. The highest BCUT2D eigenvalue weighted by Gasteiger charge is 2.19. The molecule has 1 aromatic carbocycles. The van der Waals surface area contributed by atoms with Crippen LogP contribution >= 0.6 is 0 Å². The van der Waals surface area contributed by atoms with Crippen LogP contribution in [0, 0.1) is 0 Å². The van der Waals surface area contributed by atoms with Crippen molar-refractivity contribution in [3.8, 4) is 11.5 Å². The van der Waals surface area contributed by atoms with Crippen LogP contribution in [-0.4, -0.2) is 26.6 Å². The van der Waals surface area contributed by atoms with Crippen molar-refractivity contribution in [3.05, 3.63) is 23.8 Å². The van der Waals surface area contributed by atoms with E-state index < -0.39 is 6.10 Å². The molecule has 0 radical (unpaired) electrons. The molecule has 18 heavy (non-hydrogen) atoms. The van der Waals surface area contributed by atoms with E-state index in [0.717, 1.165) is 12.0 Å². The smallest absolute Gasteiger partial charge is 0.163 e. The van der Waals surface area contributed by atoms with Crippen molar-refractivity contribution in [2.24, 2.45) is 0 Å². The number of hydrogen-bond acceptors (Lipinski definition) is 4. The van der Waals surface area contributed by atoms with Crippen LogP contribution in [0.25, 0.3) is 0 Å². The molecule has 1 unspecified atom stereocenters. The number of benzene rings is 1. The Morgan fingerprint density at radius 3 is 2.11 bits per heavy atom. The number of rotatable bonds is 7. The Balaban J connectivity index is 3.05. The van der Waals surface area contributed by atoms with E-state index in [1.165, 1.54) is 6.92 Å². The van der Waals surface area contributed by atoms with E-state index in [2.05, 4.69) is 0 Å². The quantitative estimate of drug-likeness (QED) is 0.748. The molecule has 0 saturated carbocycles. The van der Waals surface area contributed by atoms with Crippen LogP contribution in [0.4, 0.5) is 0 Å². The molecule has 4 heteroatoms. The summed E-state index contributed by atoms with van der Waals surface area (Å²) in [5, 5.41) is 0. The summed E-state index contributed by atoms with van der Waals surface area (Å²) in [6.45, 7) is 4.07. The maximum absolute atomic E-state index is 11.6. The molecule has 0 aliphatic heterocycles. The third-order valence-corrected chi connectivity index (χ3v) is 2.53. The lowest BCUT2D eigenvalue weighted by Crippen LogP contribution is -2.14. The summed E-state index contributed by atoms with van der Waals surface area (Å²) in [4.78, 5) is 11.6. The molecular formula is C14H20O4. The number of Topliss-reactive ketones (excluding diaryl/α,β-unsaturated/α-hetero) is 1. The van der Waals surface area contributed by atoms with Gasteiger partial charge in [0.15, 0.2) is 5.78 Å². The Labute approximate surface area is 108 Å². The highest BCUT2D eigenvalue weighted by Crippen LogP contribution is 2.28. The fraction of sp³-hybridized carbons (Fsp3) is 0.500. The normalized spacial score (nSPS) is 12.0. The average molecular weight is 252 g/mol. The van der Waals surface area contributed by atoms with Gasteiger partial charge in [-0.05, 0) is 31.0 Å². The van der Waals surface area contributed by atoms with Gasteiger partial charge in [-0.3, -0.25) is 4.79 Å². The van der Waals surface area contributed by atoms with Gasteiger partial charge in [-0.2, -0.15) is 0 Å². The summed E-state index contributed by atoms with van der Waals surface area (Å²) in [6.07, 6.45) is 0.305. The minimum absolute atomic E-state index is 0.0289. The third kappa shape index (κ3) is 3.74. The predicted molar refractivity (Wildman–Crippen MR) is 69.2 cm³/mol. The Bertz CT molecular complexity index is 379. The molecule has 0 heterocycles. The summed E-state index contributed by atoms with van der Waals surface area (Å²) in [5.74, 6) is 1.27. The molecule has 0 N–H and O–H groups in total. The zero-order valence-corrected chi connectivity index (χ0v) is 11.4. The Morgan fingerprint density at radius 1 is 1.17 bits per heavy atom. The van der Waals surface area contributed by atoms with E-state index in [0.29, 0.717) is 18.1 Å². The van der Waals surface area contributed by atoms with Gasteiger partial charge in [-0.15, -0.1) is 0 Å². The summed E-state index contributed by atoms with van der Waals surface area (Å²) in [5.41, 5.74) is 0.757. The first-order valence-electron chi connectivity index (χ1n) is 5.97. The van der Waals surface area contributed by atoms with Crippen LogP contribution in [0.15, 0.2) is 18.2 Å². The molecule has 0 spiro atoms. The number of ketones is 1. The third-order valence-electron chi connectivity index (χ3n) is 2.53. The van der Waals surface area contributed by atoms with Gasteiger partial charge in [0, 0.05) is 12.7 Å². The Hall–Kier alpha value is -1.55. The van der Waals surface area contributed by atoms with Gasteiger partial charge in [0.2, 0.25) is 0 Å². The van der Waals surface area contributed by atoms with E-state index in [9.17, 15) is 4.79 Å². The maximum Gasteiger partial charge on any atom is 0.163 e. The largest absolute Gasteiger partial charge is 0.497 e. The van der Waals surface area contributed by atoms with Gasteiger partial charge in [0.1, 0.15) is 17.6 Å². The highest BCUT2D eigenvalue weighted by molar-refractivity contribution is 5.82. The monoisotopic (exact) mass is 252 g/mol. The second kappa shape index (κ2) is 7.01. The highest BCUT2D eigenvalue weighted by atomic mass is 16.5. The predicted octanol–water partition coefficient (Wildman–Crippen LogP) is 2.76. The van der Waals surface area contributed by atoms with Gasteiger partial charge in [-0.1, -0.05) is 6.92 Å². The molecular weight excluding hydrogens is 232 g/mol. The van der Waals surface area contributed by atoms with Crippen molar-refractivity contribution in [2.75, 3.05) is 20.8 Å². The first-order valence-corrected chi connectivity index (χ1v) is 5.97. The minimum Gasteiger partial charge on any atom is -0.497 e. The summed E-state index contributed by atoms with van der Waals surface area (Å²) in [6, 6.07) is 5.36. The molecule has 1 aromatic rings. The van der Waals surface area contributed by atoms with Crippen LogP contribution in [0.3, 0.4) is 0 Å². The van der Waals surface area contributed by atoms with Crippen molar-refractivity contribution < 1.29 is 19.0 Å². The van der Waals surface area contributed by atoms with Gasteiger partial charge in [0.25, 0.3) is 0 Å². The molecule has 1 rings (SSSR count). The van der Waals surface area contributed by atoms with Gasteiger partial charge in [-0.25, -0.2) is 0 Å². The molecule has 0 aliphatic carbocycles. The number of methoxy groups -OCH3 is 2. The molecule has 1 atom stereocenters. The molecule has 0 aliphatic rings. The second-order valence-corrected chi connectivity index (χ2v) is 4.01. The summed E-state index contributed by atoms with van der Waals surface area (Å²) >= 11 is 0. The minimum atomic E-state index is -0.561. The van der Waals surface area contributed by atoms with Crippen molar-refractivity contribution >= 4 is 5.78 Å². The van der Waals surface area contributed by atoms with E-state index in [4.69, 9.17) is 14.2 Å². The number of carbonyl (C=O) groups excluding carboxylic acids is 1. The SMILES string of the molecule is CCCOC(C(C)=O)c1cc(OC)cc(OC)c1. The topological polar surface area (TPSA) is 44.8 Å². The van der Waals surface area contributed by atoms with Gasteiger partial charge >= 0.3 is 0 Å². The first-order chi connectivity index (χ1) is 8.62. The Kier molecular flexibility index (Phi) is 5.65.